The lowest BCUT2D eigenvalue weighted by Crippen LogP contribution is -2.22. The highest BCUT2D eigenvalue weighted by Gasteiger charge is 2.33. The van der Waals surface area contributed by atoms with E-state index in [-0.39, 0.29) is 28.0 Å². The van der Waals surface area contributed by atoms with Crippen LogP contribution < -0.4 is 9.72 Å². The highest BCUT2D eigenvalue weighted by Crippen LogP contribution is 2.41. The number of hydrogen-bond donors (Lipinski definition) is 0. The minimum Gasteiger partial charge on any atom is -0.496 e. The first-order valence-electron chi connectivity index (χ1n) is 11.1. The number of rotatable bonds is 8. The van der Waals surface area contributed by atoms with Gasteiger partial charge in [0.05, 0.1) is 47.2 Å². The number of H-pyrrole nitrogens is 1. The Morgan fingerprint density at radius 3 is 2.81 bits per heavy atom. The molecule has 1 fully saturated rings. The van der Waals surface area contributed by atoms with Gasteiger partial charge in [-0.05, 0) is 24.5 Å². The fraction of sp³-hybridized carbons (Fsp3) is 0.292. The molecule has 0 amide bonds. The summed E-state index contributed by atoms with van der Waals surface area (Å²) in [5.74, 6) is 0.123. The molecule has 0 bridgehead atoms. The predicted molar refractivity (Wildman–Crippen MR) is 123 cm³/mol. The average Bonchev–Trinajstić information content (AvgIpc) is 3.35. The Labute approximate surface area is 208 Å². The van der Waals surface area contributed by atoms with Gasteiger partial charge in [-0.3, -0.25) is 4.68 Å². The molecule has 0 unspecified atom stereocenters. The first-order chi connectivity index (χ1) is 17.4. The van der Waals surface area contributed by atoms with Crippen molar-refractivity contribution in [2.45, 2.75) is 31.9 Å². The number of pyridine rings is 1. The highest BCUT2D eigenvalue weighted by atomic mass is 35.5. The third kappa shape index (κ3) is 4.40. The first-order valence-corrected chi connectivity index (χ1v) is 11.5. The van der Waals surface area contributed by atoms with E-state index in [1.54, 1.807) is 23.1 Å². The first kappa shape index (κ1) is 23.8. The van der Waals surface area contributed by atoms with Crippen LogP contribution in [0.1, 0.15) is 43.1 Å². The molecular weight excluding hydrogens is 495 g/mol. The summed E-state index contributed by atoms with van der Waals surface area (Å²) in [5.41, 5.74) is 1.61. The van der Waals surface area contributed by atoms with Crippen LogP contribution in [-0.2, 0) is 0 Å². The van der Waals surface area contributed by atoms with E-state index in [1.807, 2.05) is 6.07 Å². The molecule has 3 heterocycles. The van der Waals surface area contributed by atoms with E-state index in [1.165, 1.54) is 25.4 Å². The maximum atomic E-state index is 14.9. The third-order valence-corrected chi connectivity index (χ3v) is 6.48. The Kier molecular flexibility index (Phi) is 6.36. The number of alkyl halides is 2. The fourth-order valence-electron chi connectivity index (χ4n) is 4.22. The Bertz CT molecular complexity index is 1460. The van der Waals surface area contributed by atoms with Crippen molar-refractivity contribution in [3.8, 4) is 34.3 Å². The Hall–Kier alpha value is -3.91. The number of ether oxygens (including phenoxy) is 1. The van der Waals surface area contributed by atoms with E-state index in [0.717, 1.165) is 25.6 Å². The number of aromatic amines is 1. The molecule has 3 aromatic heterocycles. The molecule has 1 N–H and O–H groups in total. The van der Waals surface area contributed by atoms with E-state index in [9.17, 15) is 18.4 Å². The Morgan fingerprint density at radius 1 is 1.31 bits per heavy atom. The maximum absolute atomic E-state index is 14.9. The number of aromatic nitrogens is 6. The van der Waals surface area contributed by atoms with Crippen molar-refractivity contribution in [3.05, 3.63) is 65.2 Å². The molecule has 1 aliphatic carbocycles. The Morgan fingerprint density at radius 2 is 2.11 bits per heavy atom. The summed E-state index contributed by atoms with van der Waals surface area (Å²) >= 11 is 5.98. The monoisotopic (exact) mass is 514 g/mol. The Balaban J connectivity index is 1.56. The summed E-state index contributed by atoms with van der Waals surface area (Å²) in [5, 5.41) is 17.4. The van der Waals surface area contributed by atoms with Gasteiger partial charge < -0.3 is 4.74 Å². The van der Waals surface area contributed by atoms with Crippen LogP contribution in [0.15, 0.2) is 43.1 Å². The number of hydrogen-bond acceptors (Lipinski definition) is 5. The summed E-state index contributed by atoms with van der Waals surface area (Å²) in [7, 11) is 1.45. The van der Waals surface area contributed by atoms with Gasteiger partial charge in [-0.15, -0.1) is 0 Å². The number of nitrogens with one attached hydrogen (secondary N) is 1. The van der Waals surface area contributed by atoms with Gasteiger partial charge in [0.25, 0.3) is 0 Å². The van der Waals surface area contributed by atoms with Crippen LogP contribution >= 0.6 is 11.6 Å². The zero-order valence-corrected chi connectivity index (χ0v) is 19.8. The number of nitriles is 1. The van der Waals surface area contributed by atoms with E-state index in [0.29, 0.717) is 33.2 Å². The molecule has 1 saturated carbocycles. The normalized spacial score (nSPS) is 14.1. The van der Waals surface area contributed by atoms with Crippen molar-refractivity contribution in [1.82, 2.24) is 24.5 Å². The number of methoxy groups -OCH3 is 1. The molecule has 8 nitrogen and oxygen atoms in total. The van der Waals surface area contributed by atoms with Crippen LogP contribution in [0, 0.1) is 23.1 Å². The van der Waals surface area contributed by atoms with Crippen LogP contribution in [0.5, 0.6) is 5.75 Å². The maximum Gasteiger partial charge on any atom is 0.335 e. The summed E-state index contributed by atoms with van der Waals surface area (Å²) in [4.78, 5) is 7.15. The predicted octanol–water partition coefficient (Wildman–Crippen LogP) is 5.08. The largest absolute Gasteiger partial charge is 0.496 e. The van der Waals surface area contributed by atoms with Crippen LogP contribution in [-0.4, -0.2) is 31.7 Å². The lowest BCUT2D eigenvalue weighted by atomic mass is 9.98. The second-order valence-corrected chi connectivity index (χ2v) is 8.88. The van der Waals surface area contributed by atoms with E-state index in [4.69, 9.17) is 16.3 Å². The van der Waals surface area contributed by atoms with Crippen molar-refractivity contribution in [3.63, 3.8) is 0 Å². The highest BCUT2D eigenvalue weighted by molar-refractivity contribution is 6.31. The molecule has 4 aromatic rings. The standard InChI is InChI=1S/C24H19ClF3N7O/c1-36-20-7-18(30-10-16(20)21-14(8-29)4-5-17(25)22(21)26)19(6-13-2-3-13)34-11-15(9-32-34)23-31-12-33-35(23)24(27)28/h4-5,7,9-13,19,24H,2-3,6H2,1H3/p+1/t19-/m0/s1. The zero-order valence-electron chi connectivity index (χ0n) is 19.0. The van der Waals surface area contributed by atoms with Gasteiger partial charge in [0.15, 0.2) is 17.8 Å². The van der Waals surface area contributed by atoms with Gasteiger partial charge in [-0.2, -0.15) is 28.9 Å². The van der Waals surface area contributed by atoms with Crippen LogP contribution in [0.25, 0.3) is 22.5 Å². The fourth-order valence-corrected chi connectivity index (χ4v) is 4.38. The van der Waals surface area contributed by atoms with E-state index in [2.05, 4.69) is 20.2 Å². The minimum absolute atomic E-state index is 0.0128. The second kappa shape index (κ2) is 9.62. The molecule has 5 rings (SSSR count). The molecule has 0 radical (unpaired) electrons. The summed E-state index contributed by atoms with van der Waals surface area (Å²) < 4.78 is 49.3. The summed E-state index contributed by atoms with van der Waals surface area (Å²) in [6.07, 6.45) is 8.67. The molecule has 1 aromatic carbocycles. The van der Waals surface area contributed by atoms with Crippen molar-refractivity contribution < 1.29 is 22.9 Å². The summed E-state index contributed by atoms with van der Waals surface area (Å²) in [6, 6.07) is 6.22. The van der Waals surface area contributed by atoms with Gasteiger partial charge >= 0.3 is 6.55 Å². The SMILES string of the molecule is COc1cc([C@H](CC2CC2)n2cc(-c3ncnn3C(F)F)cn2)[nH+]cc1-c1c(C#N)ccc(Cl)c1F. The van der Waals surface area contributed by atoms with E-state index >= 15 is 0 Å². The second-order valence-electron chi connectivity index (χ2n) is 8.48. The van der Waals surface area contributed by atoms with Gasteiger partial charge in [0.1, 0.15) is 18.1 Å². The van der Waals surface area contributed by atoms with Gasteiger partial charge in [-0.1, -0.05) is 24.4 Å². The van der Waals surface area contributed by atoms with Crippen molar-refractivity contribution in [2.75, 3.05) is 7.11 Å². The van der Waals surface area contributed by atoms with Gasteiger partial charge in [-0.25, -0.2) is 14.4 Å². The molecule has 1 atom stereocenters. The molecule has 0 saturated heterocycles. The van der Waals surface area contributed by atoms with Crippen molar-refractivity contribution >= 4 is 11.6 Å². The molecule has 12 heteroatoms. The topological polar surface area (TPSA) is 95.7 Å². The summed E-state index contributed by atoms with van der Waals surface area (Å²) in [6.45, 7) is -2.83. The van der Waals surface area contributed by atoms with Crippen LogP contribution in [0.4, 0.5) is 13.2 Å². The quantitative estimate of drug-likeness (QED) is 0.327. The minimum atomic E-state index is -2.83. The van der Waals surface area contributed by atoms with Gasteiger partial charge in [0, 0.05) is 11.8 Å². The average molecular weight is 515 g/mol. The number of benzene rings is 1. The lowest BCUT2D eigenvalue weighted by molar-refractivity contribution is -0.393. The smallest absolute Gasteiger partial charge is 0.335 e. The number of nitrogens with zero attached hydrogens (tertiary/aromatic N) is 6. The zero-order chi connectivity index (χ0) is 25.4. The molecular formula is C24H20ClF3N7O+. The van der Waals surface area contributed by atoms with E-state index < -0.39 is 12.4 Å². The lowest BCUT2D eigenvalue weighted by Gasteiger charge is -2.16. The molecule has 1 aliphatic rings. The molecule has 36 heavy (non-hydrogen) atoms. The molecule has 0 aliphatic heterocycles. The van der Waals surface area contributed by atoms with Crippen LogP contribution in [0.3, 0.4) is 0 Å². The molecule has 184 valence electrons. The van der Waals surface area contributed by atoms with Crippen LogP contribution in [0.2, 0.25) is 5.02 Å². The van der Waals surface area contributed by atoms with Crippen molar-refractivity contribution in [1.29, 1.82) is 5.26 Å². The molecule has 0 spiro atoms. The van der Waals surface area contributed by atoms with Crippen molar-refractivity contribution in [2.24, 2.45) is 5.92 Å². The number of halogens is 4. The van der Waals surface area contributed by atoms with Gasteiger partial charge in [0.2, 0.25) is 5.69 Å². The third-order valence-electron chi connectivity index (χ3n) is 6.19.